The molecule has 2 aromatic carbocycles. The summed E-state index contributed by atoms with van der Waals surface area (Å²) < 4.78 is 1.77. The van der Waals surface area contributed by atoms with E-state index in [-0.39, 0.29) is 12.5 Å². The van der Waals surface area contributed by atoms with Gasteiger partial charge < -0.3 is 5.32 Å². The van der Waals surface area contributed by atoms with Crippen LogP contribution in [0.5, 0.6) is 0 Å². The van der Waals surface area contributed by atoms with Gasteiger partial charge >= 0.3 is 0 Å². The van der Waals surface area contributed by atoms with Crippen molar-refractivity contribution in [3.05, 3.63) is 83.7 Å². The lowest BCUT2D eigenvalue weighted by Crippen LogP contribution is -2.25. The molecule has 0 saturated carbocycles. The maximum absolute atomic E-state index is 11.8. The lowest BCUT2D eigenvalue weighted by atomic mass is 10.2. The number of hydrazone groups is 1. The Labute approximate surface area is 163 Å². The monoisotopic (exact) mass is 374 g/mol. The van der Waals surface area contributed by atoms with Crippen LogP contribution in [0, 0.1) is 6.92 Å². The molecule has 0 spiro atoms. The minimum Gasteiger partial charge on any atom is -0.376 e. The Balaban J connectivity index is 1.40. The van der Waals surface area contributed by atoms with Gasteiger partial charge in [0.1, 0.15) is 5.69 Å². The van der Waals surface area contributed by atoms with Gasteiger partial charge in [0.25, 0.3) is 5.91 Å². The summed E-state index contributed by atoms with van der Waals surface area (Å²) in [5.74, 6) is -0.223. The number of hydrogen-bond donors (Lipinski definition) is 2. The second kappa shape index (κ2) is 9.82. The molecule has 0 radical (unpaired) electrons. The highest BCUT2D eigenvalue weighted by Crippen LogP contribution is 2.07. The van der Waals surface area contributed by atoms with E-state index in [1.807, 2.05) is 67.7 Å². The van der Waals surface area contributed by atoms with Crippen LogP contribution in [0.4, 0.5) is 5.69 Å². The Bertz CT molecular complexity index is 945. The van der Waals surface area contributed by atoms with Gasteiger partial charge in [-0.05, 0) is 36.8 Å². The summed E-state index contributed by atoms with van der Waals surface area (Å²) in [5.41, 5.74) is 6.40. The highest BCUT2D eigenvalue weighted by atomic mass is 16.2. The second-order valence-electron chi connectivity index (χ2n) is 6.22. The van der Waals surface area contributed by atoms with Gasteiger partial charge in [-0.25, -0.2) is 10.1 Å². The summed E-state index contributed by atoms with van der Waals surface area (Å²) in [6.07, 6.45) is 6.82. The van der Waals surface area contributed by atoms with Crippen LogP contribution in [0.2, 0.25) is 0 Å². The van der Waals surface area contributed by atoms with Crippen LogP contribution in [0.3, 0.4) is 0 Å². The standard InChI is InChI=1S/C21H22N6O/c1-17-9-11-19(12-10-17)22-14-21(28)25-23-13-5-8-20-16-27(26-24-20)15-18-6-3-2-4-7-18/h2-13,16,22H,14-15H2,1H3,(H,25,28)/b8-5+,23-13+. The fourth-order valence-electron chi connectivity index (χ4n) is 2.42. The number of nitrogens with zero attached hydrogens (tertiary/aromatic N) is 4. The van der Waals surface area contributed by atoms with Crippen LogP contribution in [0.1, 0.15) is 16.8 Å². The molecule has 7 nitrogen and oxygen atoms in total. The van der Waals surface area contributed by atoms with Gasteiger partial charge in [-0.15, -0.1) is 5.10 Å². The third-order valence-electron chi connectivity index (χ3n) is 3.87. The Hall–Kier alpha value is -3.74. The summed E-state index contributed by atoms with van der Waals surface area (Å²) in [5, 5.41) is 15.1. The molecule has 0 aliphatic rings. The fourth-order valence-corrected chi connectivity index (χ4v) is 2.42. The van der Waals surface area contributed by atoms with Gasteiger partial charge in [0.2, 0.25) is 0 Å². The molecule has 0 bridgehead atoms. The van der Waals surface area contributed by atoms with E-state index in [0.29, 0.717) is 6.54 Å². The quantitative estimate of drug-likeness (QED) is 0.469. The van der Waals surface area contributed by atoms with E-state index in [9.17, 15) is 4.79 Å². The number of allylic oxidation sites excluding steroid dienone is 1. The number of aromatic nitrogens is 3. The molecule has 0 saturated heterocycles. The van der Waals surface area contributed by atoms with Gasteiger partial charge in [0.05, 0.1) is 19.3 Å². The van der Waals surface area contributed by atoms with Crippen molar-refractivity contribution in [3.63, 3.8) is 0 Å². The van der Waals surface area contributed by atoms with Crippen LogP contribution in [0.25, 0.3) is 6.08 Å². The highest BCUT2D eigenvalue weighted by Gasteiger charge is 1.99. The van der Waals surface area contributed by atoms with E-state index in [2.05, 4.69) is 26.2 Å². The molecule has 0 fully saturated rings. The zero-order valence-electron chi connectivity index (χ0n) is 15.6. The number of rotatable bonds is 8. The first-order chi connectivity index (χ1) is 13.7. The zero-order chi connectivity index (χ0) is 19.6. The van der Waals surface area contributed by atoms with Crippen LogP contribution in [0.15, 0.2) is 72.0 Å². The number of anilines is 1. The van der Waals surface area contributed by atoms with Gasteiger partial charge in [0, 0.05) is 11.9 Å². The largest absolute Gasteiger partial charge is 0.376 e. The van der Waals surface area contributed by atoms with E-state index in [4.69, 9.17) is 0 Å². The molecule has 3 rings (SSSR count). The summed E-state index contributed by atoms with van der Waals surface area (Å²) in [4.78, 5) is 11.8. The Morgan fingerprint density at radius 3 is 2.71 bits per heavy atom. The third-order valence-corrected chi connectivity index (χ3v) is 3.87. The molecule has 2 N–H and O–H groups in total. The van der Waals surface area contributed by atoms with Gasteiger partial charge in [0.15, 0.2) is 0 Å². The third kappa shape index (κ3) is 6.21. The van der Waals surface area contributed by atoms with Crippen molar-refractivity contribution in [1.29, 1.82) is 0 Å². The molecule has 142 valence electrons. The van der Waals surface area contributed by atoms with Crippen molar-refractivity contribution < 1.29 is 4.79 Å². The number of carbonyl (C=O) groups is 1. The number of nitrogens with one attached hydrogen (secondary N) is 2. The lowest BCUT2D eigenvalue weighted by Gasteiger charge is -2.05. The van der Waals surface area contributed by atoms with Crippen molar-refractivity contribution in [2.75, 3.05) is 11.9 Å². The minimum absolute atomic E-state index is 0.151. The summed E-state index contributed by atoms with van der Waals surface area (Å²) in [7, 11) is 0. The molecule has 3 aromatic rings. The molecule has 0 aliphatic heterocycles. The second-order valence-corrected chi connectivity index (χ2v) is 6.22. The van der Waals surface area contributed by atoms with E-state index >= 15 is 0 Å². The molecular formula is C21H22N6O. The fraction of sp³-hybridized carbons (Fsp3) is 0.143. The molecule has 1 amide bonds. The van der Waals surface area contributed by atoms with Crippen molar-refractivity contribution in [2.45, 2.75) is 13.5 Å². The van der Waals surface area contributed by atoms with Crippen molar-refractivity contribution in [1.82, 2.24) is 20.4 Å². The Kier molecular flexibility index (Phi) is 6.67. The van der Waals surface area contributed by atoms with Gasteiger partial charge in [-0.2, -0.15) is 5.10 Å². The molecular weight excluding hydrogens is 352 g/mol. The van der Waals surface area contributed by atoms with E-state index in [1.54, 1.807) is 16.8 Å². The van der Waals surface area contributed by atoms with Crippen LogP contribution >= 0.6 is 0 Å². The SMILES string of the molecule is Cc1ccc(NCC(=O)N/N=C/C=C/c2cn(Cc3ccccc3)nn2)cc1. The maximum atomic E-state index is 11.8. The first-order valence-electron chi connectivity index (χ1n) is 8.92. The topological polar surface area (TPSA) is 84.2 Å². The molecule has 0 atom stereocenters. The van der Waals surface area contributed by atoms with E-state index in [0.717, 1.165) is 16.9 Å². The summed E-state index contributed by atoms with van der Waals surface area (Å²) in [6, 6.07) is 17.9. The molecule has 28 heavy (non-hydrogen) atoms. The minimum atomic E-state index is -0.223. The van der Waals surface area contributed by atoms with Crippen molar-refractivity contribution >= 4 is 23.9 Å². The highest BCUT2D eigenvalue weighted by molar-refractivity contribution is 5.83. The molecule has 0 aliphatic carbocycles. The summed E-state index contributed by atoms with van der Waals surface area (Å²) in [6.45, 7) is 2.83. The predicted molar refractivity (Wildman–Crippen MR) is 111 cm³/mol. The van der Waals surface area contributed by atoms with Crippen molar-refractivity contribution in [3.8, 4) is 0 Å². The predicted octanol–water partition coefficient (Wildman–Crippen LogP) is 2.86. The van der Waals surface area contributed by atoms with E-state index < -0.39 is 0 Å². The smallest absolute Gasteiger partial charge is 0.259 e. The zero-order valence-corrected chi connectivity index (χ0v) is 15.6. The number of carbonyl (C=O) groups excluding carboxylic acids is 1. The van der Waals surface area contributed by atoms with E-state index in [1.165, 1.54) is 11.8 Å². The number of hydrogen-bond acceptors (Lipinski definition) is 5. The first kappa shape index (κ1) is 19.0. The molecule has 7 heteroatoms. The van der Waals surface area contributed by atoms with Gasteiger partial charge in [-0.3, -0.25) is 4.79 Å². The summed E-state index contributed by atoms with van der Waals surface area (Å²) >= 11 is 0. The number of amides is 1. The van der Waals surface area contributed by atoms with Crippen LogP contribution in [-0.4, -0.2) is 33.7 Å². The first-order valence-corrected chi connectivity index (χ1v) is 8.92. The Morgan fingerprint density at radius 1 is 1.14 bits per heavy atom. The Morgan fingerprint density at radius 2 is 1.93 bits per heavy atom. The van der Waals surface area contributed by atoms with Gasteiger partial charge in [-0.1, -0.05) is 53.2 Å². The maximum Gasteiger partial charge on any atom is 0.259 e. The molecule has 1 aromatic heterocycles. The average Bonchev–Trinajstić information content (AvgIpc) is 3.15. The van der Waals surface area contributed by atoms with Crippen LogP contribution < -0.4 is 10.7 Å². The molecule has 1 heterocycles. The number of benzene rings is 2. The lowest BCUT2D eigenvalue weighted by molar-refractivity contribution is -0.119. The normalized spacial score (nSPS) is 11.2. The molecule has 0 unspecified atom stereocenters. The number of aryl methyl sites for hydroxylation is 1. The van der Waals surface area contributed by atoms with Crippen molar-refractivity contribution in [2.24, 2.45) is 5.10 Å². The van der Waals surface area contributed by atoms with Crippen LogP contribution in [-0.2, 0) is 11.3 Å². The average molecular weight is 374 g/mol.